The number of fused-ring (bicyclic) bond motifs is 1. The lowest BCUT2D eigenvalue weighted by atomic mass is 10.00. The number of rotatable bonds is 3. The largest absolute Gasteiger partial charge is 0.309 e. The van der Waals surface area contributed by atoms with Crippen molar-refractivity contribution < 1.29 is 4.39 Å². The molecule has 1 atom stereocenters. The molecule has 21 heavy (non-hydrogen) atoms. The summed E-state index contributed by atoms with van der Waals surface area (Å²) >= 11 is 1.65. The molecule has 3 aromatic rings. The van der Waals surface area contributed by atoms with E-state index in [9.17, 15) is 4.39 Å². The quantitative estimate of drug-likeness (QED) is 0.720. The molecule has 1 aromatic heterocycles. The number of halogens is 1. The highest BCUT2D eigenvalue weighted by Crippen LogP contribution is 2.34. The predicted molar refractivity (Wildman–Crippen MR) is 88.6 cm³/mol. The molecule has 108 valence electrons. The first-order valence-corrected chi connectivity index (χ1v) is 7.83. The second kappa shape index (κ2) is 5.58. The van der Waals surface area contributed by atoms with E-state index in [1.165, 1.54) is 27.6 Å². The Hall–Kier alpha value is -1.71. The second-order valence-corrected chi connectivity index (χ2v) is 6.59. The van der Waals surface area contributed by atoms with E-state index in [-0.39, 0.29) is 11.9 Å². The Morgan fingerprint density at radius 3 is 2.38 bits per heavy atom. The van der Waals surface area contributed by atoms with Crippen LogP contribution in [-0.4, -0.2) is 7.05 Å². The van der Waals surface area contributed by atoms with Crippen LogP contribution in [0, 0.1) is 19.7 Å². The van der Waals surface area contributed by atoms with Crippen molar-refractivity contribution in [2.75, 3.05) is 7.05 Å². The average Bonchev–Trinajstić information content (AvgIpc) is 2.81. The van der Waals surface area contributed by atoms with Gasteiger partial charge in [-0.1, -0.05) is 35.4 Å². The molecule has 1 nitrogen and oxygen atoms in total. The third-order valence-corrected chi connectivity index (χ3v) is 4.81. The number of benzene rings is 2. The summed E-state index contributed by atoms with van der Waals surface area (Å²) < 4.78 is 14.3. The van der Waals surface area contributed by atoms with Gasteiger partial charge >= 0.3 is 0 Å². The molecular weight excluding hydrogens is 281 g/mol. The Bertz CT molecular complexity index is 771. The topological polar surface area (TPSA) is 12.0 Å². The van der Waals surface area contributed by atoms with E-state index in [2.05, 4.69) is 43.4 Å². The van der Waals surface area contributed by atoms with Gasteiger partial charge in [-0.2, -0.15) is 0 Å². The molecule has 1 unspecified atom stereocenters. The first kappa shape index (κ1) is 14.2. The zero-order valence-electron chi connectivity index (χ0n) is 12.4. The molecule has 0 aliphatic carbocycles. The summed E-state index contributed by atoms with van der Waals surface area (Å²) in [5.74, 6) is -0.177. The standard InChI is InChI=1S/C18H18FNS/c1-11-6-12(2)8-14(7-11)18(20-3)17-9-13-4-5-15(19)10-16(13)21-17/h4-10,18,20H,1-3H3. The van der Waals surface area contributed by atoms with Gasteiger partial charge in [0.25, 0.3) is 0 Å². The fraction of sp³-hybridized carbons (Fsp3) is 0.222. The summed E-state index contributed by atoms with van der Waals surface area (Å²) in [5.41, 5.74) is 3.77. The van der Waals surface area contributed by atoms with Crippen LogP contribution < -0.4 is 5.32 Å². The van der Waals surface area contributed by atoms with Crippen molar-refractivity contribution in [1.82, 2.24) is 5.32 Å². The summed E-state index contributed by atoms with van der Waals surface area (Å²) in [6.07, 6.45) is 0. The minimum atomic E-state index is -0.177. The number of hydrogen-bond donors (Lipinski definition) is 1. The molecule has 0 radical (unpaired) electrons. The van der Waals surface area contributed by atoms with Crippen molar-refractivity contribution in [2.45, 2.75) is 19.9 Å². The maximum absolute atomic E-state index is 13.3. The lowest BCUT2D eigenvalue weighted by molar-refractivity contribution is 0.630. The Morgan fingerprint density at radius 2 is 1.71 bits per heavy atom. The van der Waals surface area contributed by atoms with Crippen LogP contribution >= 0.6 is 11.3 Å². The van der Waals surface area contributed by atoms with Crippen molar-refractivity contribution in [1.29, 1.82) is 0 Å². The highest BCUT2D eigenvalue weighted by molar-refractivity contribution is 7.19. The van der Waals surface area contributed by atoms with Crippen LogP contribution in [0.15, 0.2) is 42.5 Å². The normalized spacial score (nSPS) is 12.8. The van der Waals surface area contributed by atoms with E-state index >= 15 is 0 Å². The van der Waals surface area contributed by atoms with Gasteiger partial charge in [0.1, 0.15) is 5.82 Å². The zero-order chi connectivity index (χ0) is 15.0. The lowest BCUT2D eigenvalue weighted by Gasteiger charge is -2.16. The molecule has 0 fully saturated rings. The van der Waals surface area contributed by atoms with Gasteiger partial charge in [-0.05, 0) is 50.0 Å². The summed E-state index contributed by atoms with van der Waals surface area (Å²) in [6.45, 7) is 4.23. The Balaban J connectivity index is 2.08. The summed E-state index contributed by atoms with van der Waals surface area (Å²) in [5, 5.41) is 4.48. The number of hydrogen-bond acceptors (Lipinski definition) is 2. The molecule has 0 saturated carbocycles. The van der Waals surface area contributed by atoms with Gasteiger partial charge in [0.05, 0.1) is 6.04 Å². The number of aryl methyl sites for hydroxylation is 2. The van der Waals surface area contributed by atoms with E-state index in [0.717, 1.165) is 10.1 Å². The van der Waals surface area contributed by atoms with Crippen molar-refractivity contribution in [3.8, 4) is 0 Å². The fourth-order valence-electron chi connectivity index (χ4n) is 2.82. The van der Waals surface area contributed by atoms with Gasteiger partial charge in [0.2, 0.25) is 0 Å². The van der Waals surface area contributed by atoms with Crippen LogP contribution in [0.5, 0.6) is 0 Å². The third-order valence-electron chi connectivity index (χ3n) is 3.65. The van der Waals surface area contributed by atoms with Crippen LogP contribution in [-0.2, 0) is 0 Å². The average molecular weight is 299 g/mol. The molecule has 0 saturated heterocycles. The van der Waals surface area contributed by atoms with Crippen LogP contribution in [0.25, 0.3) is 10.1 Å². The molecule has 0 spiro atoms. The zero-order valence-corrected chi connectivity index (χ0v) is 13.2. The predicted octanol–water partition coefficient (Wildman–Crippen LogP) is 4.97. The highest BCUT2D eigenvalue weighted by atomic mass is 32.1. The molecule has 1 heterocycles. The van der Waals surface area contributed by atoms with Crippen molar-refractivity contribution >= 4 is 21.4 Å². The van der Waals surface area contributed by atoms with Gasteiger partial charge < -0.3 is 5.32 Å². The van der Waals surface area contributed by atoms with Gasteiger partial charge in [-0.25, -0.2) is 4.39 Å². The molecule has 0 bridgehead atoms. The van der Waals surface area contributed by atoms with Crippen molar-refractivity contribution in [3.63, 3.8) is 0 Å². The fourth-order valence-corrected chi connectivity index (χ4v) is 4.05. The second-order valence-electron chi connectivity index (χ2n) is 5.47. The van der Waals surface area contributed by atoms with Crippen LogP contribution in [0.1, 0.15) is 27.6 Å². The summed E-state index contributed by atoms with van der Waals surface area (Å²) in [4.78, 5) is 1.21. The van der Waals surface area contributed by atoms with E-state index in [1.807, 2.05) is 13.1 Å². The Kier molecular flexibility index (Phi) is 3.79. The molecule has 2 aromatic carbocycles. The summed E-state index contributed by atoms with van der Waals surface area (Å²) in [6, 6.07) is 13.9. The highest BCUT2D eigenvalue weighted by Gasteiger charge is 2.16. The molecular formula is C18H18FNS. The molecule has 1 N–H and O–H groups in total. The SMILES string of the molecule is CNC(c1cc(C)cc(C)c1)c1cc2ccc(F)cc2s1. The maximum atomic E-state index is 13.3. The van der Waals surface area contributed by atoms with Gasteiger partial charge in [-0.15, -0.1) is 11.3 Å². The van der Waals surface area contributed by atoms with Gasteiger partial charge in [-0.3, -0.25) is 0 Å². The molecule has 3 heteroatoms. The molecule has 0 aliphatic heterocycles. The first-order valence-electron chi connectivity index (χ1n) is 7.01. The molecule has 0 aliphatic rings. The number of thiophene rings is 1. The van der Waals surface area contributed by atoms with Crippen LogP contribution in [0.4, 0.5) is 4.39 Å². The minimum absolute atomic E-state index is 0.143. The molecule has 0 amide bonds. The number of nitrogens with one attached hydrogen (secondary N) is 1. The minimum Gasteiger partial charge on any atom is -0.309 e. The Labute approximate surface area is 128 Å². The Morgan fingerprint density at radius 1 is 1.00 bits per heavy atom. The molecule has 3 rings (SSSR count). The van der Waals surface area contributed by atoms with Gasteiger partial charge in [0.15, 0.2) is 0 Å². The first-order chi connectivity index (χ1) is 10.1. The summed E-state index contributed by atoms with van der Waals surface area (Å²) in [7, 11) is 1.97. The maximum Gasteiger partial charge on any atom is 0.124 e. The van der Waals surface area contributed by atoms with E-state index in [4.69, 9.17) is 0 Å². The monoisotopic (exact) mass is 299 g/mol. The smallest absolute Gasteiger partial charge is 0.124 e. The van der Waals surface area contributed by atoms with E-state index < -0.39 is 0 Å². The lowest BCUT2D eigenvalue weighted by Crippen LogP contribution is -2.16. The van der Waals surface area contributed by atoms with Crippen molar-refractivity contribution in [3.05, 3.63) is 69.8 Å². The van der Waals surface area contributed by atoms with Gasteiger partial charge in [0, 0.05) is 9.58 Å². The van der Waals surface area contributed by atoms with Crippen LogP contribution in [0.2, 0.25) is 0 Å². The van der Waals surface area contributed by atoms with Crippen LogP contribution in [0.3, 0.4) is 0 Å². The third kappa shape index (κ3) is 2.85. The van der Waals surface area contributed by atoms with E-state index in [1.54, 1.807) is 17.4 Å². The van der Waals surface area contributed by atoms with E-state index in [0.29, 0.717) is 0 Å². The van der Waals surface area contributed by atoms with Crippen molar-refractivity contribution in [2.24, 2.45) is 0 Å².